The maximum Gasteiger partial charge on any atom is 0.289 e. The number of hydrogen-bond acceptors (Lipinski definition) is 5. The molecule has 7 nitrogen and oxygen atoms in total. The molecule has 2 heterocycles. The lowest BCUT2D eigenvalue weighted by Gasteiger charge is -2.30. The molecule has 0 bridgehead atoms. The second-order valence-electron chi connectivity index (χ2n) is 4.80. The first-order chi connectivity index (χ1) is 9.32. The minimum absolute atomic E-state index is 0.00221. The molecule has 0 spiro atoms. The molecule has 0 radical (unpaired) electrons. The van der Waals surface area contributed by atoms with Crippen LogP contribution >= 0.6 is 0 Å². The van der Waals surface area contributed by atoms with Crippen LogP contribution < -0.4 is 5.14 Å². The van der Waals surface area contributed by atoms with Gasteiger partial charge in [0.1, 0.15) is 10.7 Å². The fourth-order valence-corrected chi connectivity index (χ4v) is 3.02. The summed E-state index contributed by atoms with van der Waals surface area (Å²) in [4.78, 5) is 13.7. The van der Waals surface area contributed by atoms with Crippen molar-refractivity contribution in [2.24, 2.45) is 5.14 Å². The number of sulfonamides is 1. The van der Waals surface area contributed by atoms with Gasteiger partial charge in [0.05, 0.1) is 6.10 Å². The van der Waals surface area contributed by atoms with Gasteiger partial charge in [-0.1, -0.05) is 0 Å². The number of carbonyl (C=O) groups is 1. The van der Waals surface area contributed by atoms with Crippen LogP contribution in [-0.4, -0.2) is 45.5 Å². The molecule has 0 aromatic carbocycles. The van der Waals surface area contributed by atoms with E-state index in [0.29, 0.717) is 13.1 Å². The molecule has 2 N–H and O–H groups in total. The van der Waals surface area contributed by atoms with Crippen molar-refractivity contribution in [3.8, 4) is 0 Å². The highest BCUT2D eigenvalue weighted by Crippen LogP contribution is 2.22. The molecule has 1 saturated heterocycles. The van der Waals surface area contributed by atoms with E-state index in [1.54, 1.807) is 12.0 Å². The fourth-order valence-electron chi connectivity index (χ4n) is 2.30. The minimum atomic E-state index is -3.87. The van der Waals surface area contributed by atoms with Crippen molar-refractivity contribution in [3.05, 3.63) is 17.6 Å². The molecule has 1 amide bonds. The molecule has 112 valence electrons. The Hall–Kier alpha value is -1.38. The Balaban J connectivity index is 2.15. The average molecular weight is 302 g/mol. The third-order valence-electron chi connectivity index (χ3n) is 3.45. The SMILES string of the molecule is COC1CCN(C(=O)c2cc(S(N)(=O)=O)c(C)o2)CC1. The van der Waals surface area contributed by atoms with Crippen LogP contribution in [0.15, 0.2) is 15.4 Å². The molecule has 8 heteroatoms. The zero-order valence-corrected chi connectivity index (χ0v) is 12.3. The third kappa shape index (κ3) is 3.02. The number of primary sulfonamides is 1. The lowest BCUT2D eigenvalue weighted by molar-refractivity contribution is 0.0334. The summed E-state index contributed by atoms with van der Waals surface area (Å²) in [6.07, 6.45) is 1.67. The fraction of sp³-hybridized carbons (Fsp3) is 0.583. The van der Waals surface area contributed by atoms with Crippen molar-refractivity contribution in [3.63, 3.8) is 0 Å². The molecule has 1 aliphatic heterocycles. The number of rotatable bonds is 3. The topological polar surface area (TPSA) is 103 Å². The molecule has 0 aliphatic carbocycles. The second-order valence-corrected chi connectivity index (χ2v) is 6.33. The van der Waals surface area contributed by atoms with Crippen LogP contribution in [0, 0.1) is 6.92 Å². The van der Waals surface area contributed by atoms with E-state index < -0.39 is 10.0 Å². The normalized spacial score (nSPS) is 17.4. The van der Waals surface area contributed by atoms with Crippen molar-refractivity contribution in [1.82, 2.24) is 4.90 Å². The Bertz CT molecular complexity index is 599. The van der Waals surface area contributed by atoms with Crippen molar-refractivity contribution in [2.45, 2.75) is 30.8 Å². The molecule has 0 unspecified atom stereocenters. The Morgan fingerprint density at radius 2 is 2.05 bits per heavy atom. The zero-order valence-electron chi connectivity index (χ0n) is 11.5. The minimum Gasteiger partial charge on any atom is -0.455 e. The monoisotopic (exact) mass is 302 g/mol. The van der Waals surface area contributed by atoms with E-state index in [9.17, 15) is 13.2 Å². The molecular formula is C12H18N2O5S. The van der Waals surface area contributed by atoms with Crippen LogP contribution in [0.25, 0.3) is 0 Å². The molecule has 1 aromatic heterocycles. The smallest absolute Gasteiger partial charge is 0.289 e. The Kier molecular flexibility index (Phi) is 4.17. The van der Waals surface area contributed by atoms with Crippen LogP contribution in [0.4, 0.5) is 0 Å². The van der Waals surface area contributed by atoms with Crippen LogP contribution in [0.2, 0.25) is 0 Å². The molecule has 1 fully saturated rings. The summed E-state index contributed by atoms with van der Waals surface area (Å²) in [5.41, 5.74) is 0. The predicted molar refractivity (Wildman–Crippen MR) is 70.8 cm³/mol. The number of nitrogens with zero attached hydrogens (tertiary/aromatic N) is 1. The van der Waals surface area contributed by atoms with Gasteiger partial charge >= 0.3 is 0 Å². The molecular weight excluding hydrogens is 284 g/mol. The highest BCUT2D eigenvalue weighted by Gasteiger charge is 2.27. The van der Waals surface area contributed by atoms with E-state index in [4.69, 9.17) is 14.3 Å². The Morgan fingerprint density at radius 3 is 2.50 bits per heavy atom. The van der Waals surface area contributed by atoms with Crippen LogP contribution in [0.5, 0.6) is 0 Å². The summed E-state index contributed by atoms with van der Waals surface area (Å²) in [5, 5.41) is 5.06. The molecule has 1 aromatic rings. The Labute approximate surface area is 117 Å². The van der Waals surface area contributed by atoms with Gasteiger partial charge in [-0.3, -0.25) is 4.79 Å². The standard InChI is InChI=1S/C12H18N2O5S/c1-8-11(20(13,16)17)7-10(19-8)12(15)14-5-3-9(18-2)4-6-14/h7,9H,3-6H2,1-2H3,(H2,13,16,17). The van der Waals surface area contributed by atoms with Gasteiger partial charge in [0.15, 0.2) is 5.76 Å². The zero-order chi connectivity index (χ0) is 14.9. The lowest BCUT2D eigenvalue weighted by atomic mass is 10.1. The lowest BCUT2D eigenvalue weighted by Crippen LogP contribution is -2.40. The van der Waals surface area contributed by atoms with Crippen molar-refractivity contribution < 1.29 is 22.4 Å². The molecule has 0 atom stereocenters. The van der Waals surface area contributed by atoms with Gasteiger partial charge in [-0.25, -0.2) is 13.6 Å². The summed E-state index contributed by atoms with van der Waals surface area (Å²) in [6.45, 7) is 2.58. The van der Waals surface area contributed by atoms with Crippen molar-refractivity contribution >= 4 is 15.9 Å². The van der Waals surface area contributed by atoms with Crippen LogP contribution in [0.3, 0.4) is 0 Å². The maximum atomic E-state index is 12.2. The van der Waals surface area contributed by atoms with Gasteiger partial charge in [0.2, 0.25) is 10.0 Å². The van der Waals surface area contributed by atoms with Gasteiger partial charge < -0.3 is 14.1 Å². The predicted octanol–water partition coefficient (Wildman–Crippen LogP) is 0.486. The summed E-state index contributed by atoms with van der Waals surface area (Å²) in [7, 11) is -2.22. The average Bonchev–Trinajstić information content (AvgIpc) is 2.80. The van der Waals surface area contributed by atoms with Crippen LogP contribution in [-0.2, 0) is 14.8 Å². The number of hydrogen-bond donors (Lipinski definition) is 1. The first-order valence-electron chi connectivity index (χ1n) is 6.28. The molecule has 2 rings (SSSR count). The third-order valence-corrected chi connectivity index (χ3v) is 4.47. The summed E-state index contributed by atoms with van der Waals surface area (Å²) >= 11 is 0. The molecule has 20 heavy (non-hydrogen) atoms. The highest BCUT2D eigenvalue weighted by molar-refractivity contribution is 7.89. The highest BCUT2D eigenvalue weighted by atomic mass is 32.2. The summed E-state index contributed by atoms with van der Waals surface area (Å²) < 4.78 is 33.1. The van der Waals surface area contributed by atoms with Crippen molar-refractivity contribution in [2.75, 3.05) is 20.2 Å². The first kappa shape index (κ1) is 15.0. The van der Waals surface area contributed by atoms with Crippen LogP contribution in [0.1, 0.15) is 29.2 Å². The molecule has 1 aliphatic rings. The van der Waals surface area contributed by atoms with Gasteiger partial charge in [-0.2, -0.15) is 0 Å². The van der Waals surface area contributed by atoms with E-state index in [1.165, 1.54) is 13.0 Å². The van der Waals surface area contributed by atoms with Gasteiger partial charge in [-0.05, 0) is 19.8 Å². The van der Waals surface area contributed by atoms with E-state index in [0.717, 1.165) is 12.8 Å². The van der Waals surface area contributed by atoms with E-state index in [1.807, 2.05) is 0 Å². The number of furan rings is 1. The van der Waals surface area contributed by atoms with Gasteiger partial charge in [0, 0.05) is 26.3 Å². The summed E-state index contributed by atoms with van der Waals surface area (Å²) in [5.74, 6) is -0.192. The largest absolute Gasteiger partial charge is 0.455 e. The number of amides is 1. The number of methoxy groups -OCH3 is 1. The number of ether oxygens (including phenoxy) is 1. The van der Waals surface area contributed by atoms with Gasteiger partial charge in [-0.15, -0.1) is 0 Å². The number of likely N-dealkylation sites (tertiary alicyclic amines) is 1. The number of piperidine rings is 1. The molecule has 0 saturated carbocycles. The first-order valence-corrected chi connectivity index (χ1v) is 7.83. The number of carbonyl (C=O) groups excluding carboxylic acids is 1. The van der Waals surface area contributed by atoms with Crippen molar-refractivity contribution in [1.29, 1.82) is 0 Å². The number of aryl methyl sites for hydroxylation is 1. The van der Waals surface area contributed by atoms with Gasteiger partial charge in [0.25, 0.3) is 5.91 Å². The summed E-state index contributed by atoms with van der Waals surface area (Å²) in [6, 6.07) is 1.19. The van der Waals surface area contributed by atoms with E-state index >= 15 is 0 Å². The van der Waals surface area contributed by atoms with E-state index in [-0.39, 0.29) is 28.4 Å². The maximum absolute atomic E-state index is 12.2. The van der Waals surface area contributed by atoms with E-state index in [2.05, 4.69) is 0 Å². The Morgan fingerprint density at radius 1 is 1.45 bits per heavy atom. The second kappa shape index (κ2) is 5.55. The number of nitrogens with two attached hydrogens (primary N) is 1. The quantitative estimate of drug-likeness (QED) is 0.875.